The molecule has 0 saturated heterocycles. The number of rotatable bonds is 4. The molecule has 0 unspecified atom stereocenters. The Balaban J connectivity index is 1.53. The Morgan fingerprint density at radius 2 is 1.29 bits per heavy atom. The predicted octanol–water partition coefficient (Wildman–Crippen LogP) is 8.36. The van der Waals surface area contributed by atoms with Crippen LogP contribution in [0.4, 0.5) is 5.82 Å². The maximum absolute atomic E-state index is 4.98. The van der Waals surface area contributed by atoms with Crippen molar-refractivity contribution in [3.05, 3.63) is 125 Å². The molecule has 0 aliphatic carbocycles. The quantitative estimate of drug-likeness (QED) is 0.176. The Labute approximate surface area is 206 Å². The highest BCUT2D eigenvalue weighted by atomic mass is 79.9. The van der Waals surface area contributed by atoms with Crippen LogP contribution in [0.3, 0.4) is 0 Å². The molecule has 4 heteroatoms. The minimum absolute atomic E-state index is 0.779. The third-order valence-electron chi connectivity index (χ3n) is 5.97. The fraction of sp³-hybridized carbons (Fsp3) is 0. The normalized spacial score (nSPS) is 11.6. The van der Waals surface area contributed by atoms with Gasteiger partial charge >= 0.3 is 0 Å². The topological polar surface area (TPSA) is 30.2 Å². The van der Waals surface area contributed by atoms with Crippen LogP contribution < -0.4 is 0 Å². The summed E-state index contributed by atoms with van der Waals surface area (Å²) in [5.74, 6) is 0.779. The Hall–Kier alpha value is -4.02. The van der Waals surface area contributed by atoms with Crippen molar-refractivity contribution in [2.45, 2.75) is 0 Å². The minimum atomic E-state index is 0.779. The van der Waals surface area contributed by atoms with Gasteiger partial charge < -0.3 is 0 Å². The van der Waals surface area contributed by atoms with Gasteiger partial charge in [-0.2, -0.15) is 5.10 Å². The summed E-state index contributed by atoms with van der Waals surface area (Å²) in [6.07, 6.45) is 1.98. The highest BCUT2D eigenvalue weighted by Gasteiger charge is 2.12. The van der Waals surface area contributed by atoms with E-state index in [-0.39, 0.29) is 0 Å². The molecule has 5 aromatic carbocycles. The highest BCUT2D eigenvalue weighted by Crippen LogP contribution is 2.30. The monoisotopic (exact) mass is 501 g/mol. The van der Waals surface area contributed by atoms with Gasteiger partial charge in [0.15, 0.2) is 5.82 Å². The molecule has 162 valence electrons. The lowest BCUT2D eigenvalue weighted by Gasteiger charge is -2.08. The third kappa shape index (κ3) is 3.82. The first-order valence-electron chi connectivity index (χ1n) is 11.1. The SMILES string of the molecule is Brc1ccc(-c2cc(/N=C/c3c4ccccc4cc4ccccc34)n(-c3ccccc3)n2)cc1. The molecule has 0 aliphatic rings. The average molecular weight is 502 g/mol. The first-order valence-corrected chi connectivity index (χ1v) is 11.9. The van der Waals surface area contributed by atoms with E-state index in [0.29, 0.717) is 0 Å². The summed E-state index contributed by atoms with van der Waals surface area (Å²) in [6, 6.07) is 39.5. The van der Waals surface area contributed by atoms with Gasteiger partial charge in [-0.25, -0.2) is 9.67 Å². The summed E-state index contributed by atoms with van der Waals surface area (Å²) in [5, 5.41) is 9.68. The summed E-state index contributed by atoms with van der Waals surface area (Å²) in [6.45, 7) is 0. The first kappa shape index (κ1) is 20.6. The van der Waals surface area contributed by atoms with Crippen molar-refractivity contribution >= 4 is 49.5 Å². The maximum atomic E-state index is 4.98. The minimum Gasteiger partial charge on any atom is -0.236 e. The summed E-state index contributed by atoms with van der Waals surface area (Å²) in [4.78, 5) is 4.98. The van der Waals surface area contributed by atoms with Crippen molar-refractivity contribution in [1.29, 1.82) is 0 Å². The lowest BCUT2D eigenvalue weighted by atomic mass is 9.97. The van der Waals surface area contributed by atoms with Gasteiger partial charge in [-0.15, -0.1) is 0 Å². The molecule has 0 bridgehead atoms. The van der Waals surface area contributed by atoms with E-state index >= 15 is 0 Å². The van der Waals surface area contributed by atoms with Gasteiger partial charge in [-0.1, -0.05) is 94.8 Å². The molecule has 0 atom stereocenters. The lowest BCUT2D eigenvalue weighted by Crippen LogP contribution is -1.96. The average Bonchev–Trinajstić information content (AvgIpc) is 3.32. The van der Waals surface area contributed by atoms with Crippen molar-refractivity contribution in [3.63, 3.8) is 0 Å². The van der Waals surface area contributed by atoms with Gasteiger partial charge in [0, 0.05) is 27.9 Å². The number of fused-ring (bicyclic) bond motifs is 2. The van der Waals surface area contributed by atoms with E-state index in [4.69, 9.17) is 10.1 Å². The number of hydrogen-bond donors (Lipinski definition) is 0. The smallest absolute Gasteiger partial charge is 0.156 e. The van der Waals surface area contributed by atoms with Gasteiger partial charge in [-0.3, -0.25) is 0 Å². The number of aliphatic imine (C=N–C) groups is 1. The molecule has 1 heterocycles. The van der Waals surface area contributed by atoms with E-state index < -0.39 is 0 Å². The Kier molecular flexibility index (Phi) is 5.28. The number of halogens is 1. The summed E-state index contributed by atoms with van der Waals surface area (Å²) < 4.78 is 2.95. The fourth-order valence-electron chi connectivity index (χ4n) is 4.30. The van der Waals surface area contributed by atoms with Crippen molar-refractivity contribution in [1.82, 2.24) is 9.78 Å². The molecule has 0 radical (unpaired) electrons. The zero-order valence-corrected chi connectivity index (χ0v) is 19.9. The molecule has 0 saturated carbocycles. The second-order valence-electron chi connectivity index (χ2n) is 8.13. The largest absolute Gasteiger partial charge is 0.236 e. The molecule has 0 amide bonds. The molecule has 6 rings (SSSR count). The molecule has 0 N–H and O–H groups in total. The highest BCUT2D eigenvalue weighted by molar-refractivity contribution is 9.10. The second kappa shape index (κ2) is 8.73. The van der Waals surface area contributed by atoms with Crippen LogP contribution in [-0.4, -0.2) is 16.0 Å². The van der Waals surface area contributed by atoms with Crippen LogP contribution in [0.1, 0.15) is 5.56 Å². The molecular weight excluding hydrogens is 482 g/mol. The Morgan fingerprint density at radius 1 is 0.676 bits per heavy atom. The molecule has 1 aromatic heterocycles. The Bertz CT molecular complexity index is 1590. The molecule has 0 aliphatic heterocycles. The van der Waals surface area contributed by atoms with E-state index in [2.05, 4.69) is 82.7 Å². The van der Waals surface area contributed by atoms with E-state index in [1.54, 1.807) is 0 Å². The van der Waals surface area contributed by atoms with Crippen molar-refractivity contribution in [2.75, 3.05) is 0 Å². The summed E-state index contributed by atoms with van der Waals surface area (Å²) >= 11 is 3.52. The molecule has 0 fully saturated rings. The number of hydrogen-bond acceptors (Lipinski definition) is 2. The lowest BCUT2D eigenvalue weighted by molar-refractivity contribution is 0.885. The number of nitrogens with zero attached hydrogens (tertiary/aromatic N) is 3. The van der Waals surface area contributed by atoms with Crippen LogP contribution in [0.2, 0.25) is 0 Å². The van der Waals surface area contributed by atoms with Crippen LogP contribution in [0.25, 0.3) is 38.5 Å². The molecule has 6 aromatic rings. The van der Waals surface area contributed by atoms with Crippen LogP contribution in [0.5, 0.6) is 0 Å². The van der Waals surface area contributed by atoms with Crippen LogP contribution in [-0.2, 0) is 0 Å². The standard InChI is InChI=1S/C30H20BrN3/c31-24-16-14-21(15-17-24)29-19-30(34(33-29)25-10-2-1-3-11-25)32-20-28-26-12-6-4-8-22(26)18-23-9-5-7-13-27(23)28/h1-20H/b32-20+. The van der Waals surface area contributed by atoms with Crippen LogP contribution in [0.15, 0.2) is 125 Å². The van der Waals surface area contributed by atoms with Crippen LogP contribution in [0, 0.1) is 0 Å². The molecular formula is C30H20BrN3. The Morgan fingerprint density at radius 3 is 1.97 bits per heavy atom. The van der Waals surface area contributed by atoms with Gasteiger partial charge in [0.05, 0.1) is 11.4 Å². The van der Waals surface area contributed by atoms with Gasteiger partial charge in [0.25, 0.3) is 0 Å². The van der Waals surface area contributed by atoms with E-state index in [0.717, 1.165) is 32.8 Å². The van der Waals surface area contributed by atoms with Gasteiger partial charge in [0.1, 0.15) is 0 Å². The van der Waals surface area contributed by atoms with E-state index in [1.165, 1.54) is 21.5 Å². The van der Waals surface area contributed by atoms with Crippen molar-refractivity contribution in [3.8, 4) is 16.9 Å². The van der Waals surface area contributed by atoms with E-state index in [9.17, 15) is 0 Å². The molecule has 34 heavy (non-hydrogen) atoms. The molecule has 3 nitrogen and oxygen atoms in total. The summed E-state index contributed by atoms with van der Waals surface area (Å²) in [5.41, 5.74) is 4.01. The van der Waals surface area contributed by atoms with E-state index in [1.807, 2.05) is 59.4 Å². The zero-order chi connectivity index (χ0) is 22.9. The number of benzene rings is 5. The third-order valence-corrected chi connectivity index (χ3v) is 6.50. The number of aromatic nitrogens is 2. The maximum Gasteiger partial charge on any atom is 0.156 e. The van der Waals surface area contributed by atoms with Gasteiger partial charge in [-0.05, 0) is 51.9 Å². The molecule has 0 spiro atoms. The van der Waals surface area contributed by atoms with Crippen molar-refractivity contribution in [2.24, 2.45) is 4.99 Å². The van der Waals surface area contributed by atoms with Crippen molar-refractivity contribution < 1.29 is 0 Å². The first-order chi connectivity index (χ1) is 16.8. The number of para-hydroxylation sites is 1. The van der Waals surface area contributed by atoms with Gasteiger partial charge in [0.2, 0.25) is 0 Å². The predicted molar refractivity (Wildman–Crippen MR) is 145 cm³/mol. The van der Waals surface area contributed by atoms with Crippen LogP contribution >= 0.6 is 15.9 Å². The second-order valence-corrected chi connectivity index (χ2v) is 9.05. The fourth-order valence-corrected chi connectivity index (χ4v) is 4.57. The zero-order valence-electron chi connectivity index (χ0n) is 18.3. The summed E-state index contributed by atoms with van der Waals surface area (Å²) in [7, 11) is 0.